The number of hydrogen-bond donors (Lipinski definition) is 2. The van der Waals surface area contributed by atoms with E-state index >= 15 is 0 Å². The Balaban J connectivity index is 5.98. The van der Waals surface area contributed by atoms with Gasteiger partial charge in [-0.25, -0.2) is 0 Å². The first-order valence-electron chi connectivity index (χ1n) is 11.6. The minimum absolute atomic E-state index is 0.0338. The number of aliphatic hydroxyl groups excluding tert-OH is 2. The first-order chi connectivity index (χ1) is 16.8. The van der Waals surface area contributed by atoms with E-state index in [4.69, 9.17) is 46.9 Å². The van der Waals surface area contributed by atoms with E-state index in [1.807, 2.05) is 6.92 Å². The maximum absolute atomic E-state index is 12.7. The maximum atomic E-state index is 12.7. The highest BCUT2D eigenvalue weighted by Crippen LogP contribution is 2.47. The molecule has 0 aromatic carbocycles. The molecule has 0 aromatic heterocycles. The zero-order valence-corrected chi connectivity index (χ0v) is 22.7. The summed E-state index contributed by atoms with van der Waals surface area (Å²) >= 11 is 0. The number of aliphatic hydroxyl groups is 2. The predicted molar refractivity (Wildman–Crippen MR) is 125 cm³/mol. The van der Waals surface area contributed by atoms with Crippen LogP contribution in [-0.2, 0) is 51.5 Å². The summed E-state index contributed by atoms with van der Waals surface area (Å²) in [5.41, 5.74) is 0. The van der Waals surface area contributed by atoms with Crippen LogP contribution < -0.4 is 0 Å². The Morgan fingerprint density at radius 2 is 1.00 bits per heavy atom. The molecule has 0 rings (SSSR count). The molecule has 0 saturated heterocycles. The molecule has 0 spiro atoms. The van der Waals surface area contributed by atoms with Gasteiger partial charge in [-0.1, -0.05) is 0 Å². The summed E-state index contributed by atoms with van der Waals surface area (Å²) in [6.45, 7) is 7.86. The molecule has 0 amide bonds. The Bertz CT molecular complexity index is 519. The van der Waals surface area contributed by atoms with E-state index in [-0.39, 0.29) is 33.8 Å². The maximum Gasteiger partial charge on any atom is 0.332 e. The van der Waals surface area contributed by atoms with E-state index in [1.165, 1.54) is 14.2 Å². The van der Waals surface area contributed by atoms with Crippen LogP contribution >= 0.6 is 7.60 Å². The number of rotatable bonds is 25. The van der Waals surface area contributed by atoms with Gasteiger partial charge in [-0.05, 0) is 27.7 Å². The Labute approximate surface area is 208 Å². The number of ether oxygens (including phenoxy) is 8. The van der Waals surface area contributed by atoms with Crippen molar-refractivity contribution in [2.45, 2.75) is 58.2 Å². The van der Waals surface area contributed by atoms with Crippen molar-refractivity contribution in [2.24, 2.45) is 0 Å². The fourth-order valence-electron chi connectivity index (χ4n) is 2.82. The summed E-state index contributed by atoms with van der Waals surface area (Å²) in [5.74, 6) is 0. The minimum atomic E-state index is -3.63. The van der Waals surface area contributed by atoms with Gasteiger partial charge in [0.2, 0.25) is 0 Å². The monoisotopic (exact) mass is 536 g/mol. The van der Waals surface area contributed by atoms with Gasteiger partial charge in [0.25, 0.3) is 0 Å². The van der Waals surface area contributed by atoms with Gasteiger partial charge >= 0.3 is 7.60 Å². The van der Waals surface area contributed by atoms with E-state index in [2.05, 4.69) is 0 Å². The fourth-order valence-corrected chi connectivity index (χ4v) is 3.93. The highest BCUT2D eigenvalue weighted by Gasteiger charge is 2.43. The van der Waals surface area contributed by atoms with Crippen LogP contribution in [0.1, 0.15) is 27.7 Å². The van der Waals surface area contributed by atoms with E-state index in [1.54, 1.807) is 20.8 Å². The van der Waals surface area contributed by atoms with Crippen LogP contribution in [0.5, 0.6) is 0 Å². The van der Waals surface area contributed by atoms with Crippen molar-refractivity contribution < 1.29 is 61.7 Å². The lowest BCUT2D eigenvalue weighted by Gasteiger charge is -2.37. The number of hydrogen-bond acceptors (Lipinski definition) is 13. The third kappa shape index (κ3) is 14.9. The first-order valence-corrected chi connectivity index (χ1v) is 13.4. The molecule has 0 aliphatic rings. The van der Waals surface area contributed by atoms with Crippen LogP contribution in [0.15, 0.2) is 0 Å². The molecule has 0 saturated carbocycles. The van der Waals surface area contributed by atoms with Crippen molar-refractivity contribution in [1.29, 1.82) is 0 Å². The van der Waals surface area contributed by atoms with Gasteiger partial charge in [0, 0.05) is 40.6 Å². The summed E-state index contributed by atoms with van der Waals surface area (Å²) in [4.78, 5) is 0. The van der Waals surface area contributed by atoms with Gasteiger partial charge in [-0.3, -0.25) is 4.57 Å². The van der Waals surface area contributed by atoms with Crippen molar-refractivity contribution in [3.8, 4) is 0 Å². The lowest BCUT2D eigenvalue weighted by Crippen LogP contribution is -2.55. The minimum Gasteiger partial charge on any atom is -0.390 e. The lowest BCUT2D eigenvalue weighted by atomic mass is 9.99. The molecule has 0 bridgehead atoms. The molecule has 0 fully saturated rings. The topological polar surface area (TPSA) is 150 Å². The van der Waals surface area contributed by atoms with Crippen molar-refractivity contribution >= 4 is 7.60 Å². The van der Waals surface area contributed by atoms with Gasteiger partial charge in [-0.15, -0.1) is 0 Å². The zero-order chi connectivity index (χ0) is 26.5. The SMILES string of the molecule is CCOCOCC(O)[C@@H](OCOCC)[C@@H](OCOCC)[C@H](OCOCC)C(O)CP(=O)(OC)OC. The molecule has 0 heterocycles. The normalized spacial score (nSPS) is 16.7. The van der Waals surface area contributed by atoms with Crippen LogP contribution in [-0.4, -0.2) is 121 Å². The van der Waals surface area contributed by atoms with Crippen molar-refractivity contribution in [1.82, 2.24) is 0 Å². The molecule has 212 valence electrons. The third-order valence-electron chi connectivity index (χ3n) is 4.68. The molecule has 2 N–H and O–H groups in total. The smallest absolute Gasteiger partial charge is 0.332 e. The van der Waals surface area contributed by atoms with E-state index < -0.39 is 44.3 Å². The molecule has 14 heteroatoms. The van der Waals surface area contributed by atoms with Crippen molar-refractivity contribution in [2.75, 3.05) is 80.6 Å². The quantitative estimate of drug-likeness (QED) is 0.0982. The van der Waals surface area contributed by atoms with Gasteiger partial charge < -0.3 is 57.2 Å². The third-order valence-corrected chi connectivity index (χ3v) is 6.61. The summed E-state index contributed by atoms with van der Waals surface area (Å²) in [5, 5.41) is 21.9. The average Bonchev–Trinajstić information content (AvgIpc) is 2.85. The summed E-state index contributed by atoms with van der Waals surface area (Å²) in [7, 11) is -1.21. The second-order valence-electron chi connectivity index (χ2n) is 7.00. The van der Waals surface area contributed by atoms with Gasteiger partial charge in [0.05, 0.1) is 18.9 Å². The highest BCUT2D eigenvalue weighted by molar-refractivity contribution is 7.53. The molecule has 0 aliphatic heterocycles. The summed E-state index contributed by atoms with van der Waals surface area (Å²) in [6.07, 6.45) is -6.54. The summed E-state index contributed by atoms with van der Waals surface area (Å²) in [6, 6.07) is 0. The molecule has 0 radical (unpaired) electrons. The van der Waals surface area contributed by atoms with E-state index in [0.717, 1.165) is 0 Å². The summed E-state index contributed by atoms with van der Waals surface area (Å²) < 4.78 is 66.4. The Morgan fingerprint density at radius 1 is 0.600 bits per heavy atom. The fraction of sp³-hybridized carbons (Fsp3) is 1.00. The van der Waals surface area contributed by atoms with E-state index in [9.17, 15) is 14.8 Å². The molecule has 5 atom stereocenters. The van der Waals surface area contributed by atoms with Gasteiger partial charge in [0.1, 0.15) is 51.6 Å². The van der Waals surface area contributed by atoms with Crippen LogP contribution in [0.4, 0.5) is 0 Å². The second kappa shape index (κ2) is 21.8. The van der Waals surface area contributed by atoms with Crippen LogP contribution in [0.2, 0.25) is 0 Å². The average molecular weight is 537 g/mol. The van der Waals surface area contributed by atoms with Crippen LogP contribution in [0.25, 0.3) is 0 Å². The molecule has 13 nitrogen and oxygen atoms in total. The largest absolute Gasteiger partial charge is 0.390 e. The van der Waals surface area contributed by atoms with Crippen molar-refractivity contribution in [3.63, 3.8) is 0 Å². The molecule has 2 unspecified atom stereocenters. The van der Waals surface area contributed by atoms with Crippen molar-refractivity contribution in [3.05, 3.63) is 0 Å². The lowest BCUT2D eigenvalue weighted by molar-refractivity contribution is -0.248. The van der Waals surface area contributed by atoms with Crippen LogP contribution in [0.3, 0.4) is 0 Å². The molecule has 35 heavy (non-hydrogen) atoms. The molecule has 0 aliphatic carbocycles. The first kappa shape index (κ1) is 34.8. The van der Waals surface area contributed by atoms with Crippen LogP contribution in [0, 0.1) is 0 Å². The predicted octanol–water partition coefficient (Wildman–Crippen LogP) is 1.34. The Hall–Kier alpha value is -0.250. The Kier molecular flexibility index (Phi) is 21.6. The van der Waals surface area contributed by atoms with E-state index in [0.29, 0.717) is 26.4 Å². The molecular formula is C21H45O13P. The van der Waals surface area contributed by atoms with Gasteiger partial charge in [0.15, 0.2) is 0 Å². The van der Waals surface area contributed by atoms with Gasteiger partial charge in [-0.2, -0.15) is 0 Å². The molecular weight excluding hydrogens is 491 g/mol. The highest BCUT2D eigenvalue weighted by atomic mass is 31.2. The molecule has 0 aromatic rings. The second-order valence-corrected chi connectivity index (χ2v) is 9.32. The zero-order valence-electron chi connectivity index (χ0n) is 21.8. The standard InChI is InChI=1S/C21H45O13P/c1-7-27-13-31-11-17(22)19(32-14-28-8-2)21(34-16-30-10-4)20(33-15-29-9-3)18(23)12-35(24,25-5)26-6/h17-23H,7-16H2,1-6H3/t17?,18?,19-,20-,21-/m1/s1. The Morgan fingerprint density at radius 3 is 1.43 bits per heavy atom.